The zero-order valence-electron chi connectivity index (χ0n) is 5.26. The first-order valence-corrected chi connectivity index (χ1v) is 3.46. The Hall–Kier alpha value is -0.310. The van der Waals surface area contributed by atoms with E-state index in [1.165, 1.54) is 18.7 Å². The van der Waals surface area contributed by atoms with Gasteiger partial charge in [-0.25, -0.2) is 0 Å². The minimum Gasteiger partial charge on any atom is -0.292 e. The van der Waals surface area contributed by atoms with E-state index in [1.807, 2.05) is 6.26 Å². The first kappa shape index (κ1) is 7.69. The lowest BCUT2D eigenvalue weighted by atomic mass is 10.5. The van der Waals surface area contributed by atoms with Crippen molar-refractivity contribution in [1.29, 1.82) is 0 Å². The molecular formula is C5H9NOS. The molecule has 0 spiro atoms. The van der Waals surface area contributed by atoms with E-state index in [9.17, 15) is 4.79 Å². The van der Waals surface area contributed by atoms with Crippen molar-refractivity contribution in [3.05, 3.63) is 0 Å². The molecule has 8 heavy (non-hydrogen) atoms. The van der Waals surface area contributed by atoms with Gasteiger partial charge in [0.1, 0.15) is 5.04 Å². The Balaban J connectivity index is 3.92. The van der Waals surface area contributed by atoms with Crippen molar-refractivity contribution in [1.82, 2.24) is 0 Å². The zero-order valence-corrected chi connectivity index (χ0v) is 6.08. The van der Waals surface area contributed by atoms with Crippen LogP contribution in [0.4, 0.5) is 0 Å². The number of carbonyl (C=O) groups excluding carboxylic acids is 1. The highest BCUT2D eigenvalue weighted by Gasteiger charge is 1.98. The van der Waals surface area contributed by atoms with Crippen LogP contribution in [0.3, 0.4) is 0 Å². The van der Waals surface area contributed by atoms with Crippen LogP contribution in [0, 0.1) is 0 Å². The van der Waals surface area contributed by atoms with Gasteiger partial charge < -0.3 is 0 Å². The van der Waals surface area contributed by atoms with Crippen LogP contribution >= 0.6 is 11.8 Å². The third-order valence-corrected chi connectivity index (χ3v) is 1.55. The summed E-state index contributed by atoms with van der Waals surface area (Å²) in [5.74, 6) is 0.0417. The van der Waals surface area contributed by atoms with E-state index in [4.69, 9.17) is 0 Å². The van der Waals surface area contributed by atoms with E-state index in [-0.39, 0.29) is 5.78 Å². The topological polar surface area (TPSA) is 29.4 Å². The molecule has 46 valence electrons. The van der Waals surface area contributed by atoms with Gasteiger partial charge in [0, 0.05) is 14.0 Å². The van der Waals surface area contributed by atoms with Gasteiger partial charge in [-0.15, -0.1) is 11.8 Å². The van der Waals surface area contributed by atoms with Gasteiger partial charge in [-0.1, -0.05) is 0 Å². The van der Waals surface area contributed by atoms with Crippen molar-refractivity contribution in [3.63, 3.8) is 0 Å². The molecule has 0 saturated heterocycles. The number of hydrogen-bond acceptors (Lipinski definition) is 3. The highest BCUT2D eigenvalue weighted by molar-refractivity contribution is 8.15. The normalized spacial score (nSPS) is 11.6. The lowest BCUT2D eigenvalue weighted by Gasteiger charge is -1.90. The largest absolute Gasteiger partial charge is 0.292 e. The summed E-state index contributed by atoms with van der Waals surface area (Å²) in [6.45, 7) is 1.51. The van der Waals surface area contributed by atoms with Gasteiger partial charge in [0.05, 0.1) is 0 Å². The molecule has 0 N–H and O–H groups in total. The summed E-state index contributed by atoms with van der Waals surface area (Å²) in [7, 11) is 1.62. The van der Waals surface area contributed by atoms with Crippen LogP contribution in [0.1, 0.15) is 6.92 Å². The second-order valence-corrected chi connectivity index (χ2v) is 2.08. The molecule has 0 aromatic carbocycles. The molecule has 0 aliphatic heterocycles. The van der Waals surface area contributed by atoms with Gasteiger partial charge in [0.25, 0.3) is 0 Å². The Kier molecular flexibility index (Phi) is 3.52. The summed E-state index contributed by atoms with van der Waals surface area (Å²) in [5, 5.41) is 0.588. The van der Waals surface area contributed by atoms with Crippen molar-refractivity contribution in [3.8, 4) is 0 Å². The molecule has 0 aliphatic rings. The van der Waals surface area contributed by atoms with E-state index in [0.29, 0.717) is 5.04 Å². The maximum absolute atomic E-state index is 10.5. The standard InChI is InChI=1S/C5H9NOS/c1-4(7)5(6-2)8-3/h1-3H3. The fraction of sp³-hybridized carbons (Fsp3) is 0.600. The molecule has 0 aliphatic carbocycles. The van der Waals surface area contributed by atoms with Gasteiger partial charge in [-0.05, 0) is 6.26 Å². The van der Waals surface area contributed by atoms with E-state index in [0.717, 1.165) is 0 Å². The lowest BCUT2D eigenvalue weighted by Crippen LogP contribution is -2.03. The van der Waals surface area contributed by atoms with Crippen molar-refractivity contribution < 1.29 is 4.79 Å². The third-order valence-electron chi connectivity index (χ3n) is 0.698. The Morgan fingerprint density at radius 2 is 2.12 bits per heavy atom. The zero-order chi connectivity index (χ0) is 6.57. The highest BCUT2D eigenvalue weighted by Crippen LogP contribution is 1.97. The molecule has 0 saturated carbocycles. The molecule has 0 aromatic heterocycles. The number of hydrogen-bond donors (Lipinski definition) is 0. The Morgan fingerprint density at radius 3 is 2.12 bits per heavy atom. The van der Waals surface area contributed by atoms with E-state index in [1.54, 1.807) is 7.05 Å². The number of thioether (sulfide) groups is 1. The second-order valence-electron chi connectivity index (χ2n) is 1.29. The SMILES string of the molecule is CN=C(SC)C(C)=O. The van der Waals surface area contributed by atoms with Crippen LogP contribution < -0.4 is 0 Å². The van der Waals surface area contributed by atoms with E-state index < -0.39 is 0 Å². The van der Waals surface area contributed by atoms with Crippen molar-refractivity contribution in [2.75, 3.05) is 13.3 Å². The maximum atomic E-state index is 10.5. The molecule has 0 atom stereocenters. The molecule has 0 fully saturated rings. The van der Waals surface area contributed by atoms with Crippen LogP contribution in [0.25, 0.3) is 0 Å². The average Bonchev–Trinajstić information content (AvgIpc) is 1.69. The van der Waals surface area contributed by atoms with Crippen LogP contribution in [0.15, 0.2) is 4.99 Å². The molecule has 0 heterocycles. The van der Waals surface area contributed by atoms with Crippen molar-refractivity contribution in [2.24, 2.45) is 4.99 Å². The molecular weight excluding hydrogens is 122 g/mol. The minimum absolute atomic E-state index is 0.0417. The van der Waals surface area contributed by atoms with Crippen LogP contribution in [-0.4, -0.2) is 24.1 Å². The molecule has 0 unspecified atom stereocenters. The molecule has 0 amide bonds. The van der Waals surface area contributed by atoms with Crippen molar-refractivity contribution >= 4 is 22.6 Å². The molecule has 0 aromatic rings. The molecule has 3 heteroatoms. The highest BCUT2D eigenvalue weighted by atomic mass is 32.2. The summed E-state index contributed by atoms with van der Waals surface area (Å²) in [4.78, 5) is 14.2. The fourth-order valence-electron chi connectivity index (χ4n) is 0.392. The van der Waals surface area contributed by atoms with Gasteiger partial charge in [-0.3, -0.25) is 9.79 Å². The molecule has 0 radical (unpaired) electrons. The number of carbonyl (C=O) groups is 1. The van der Waals surface area contributed by atoms with Gasteiger partial charge in [-0.2, -0.15) is 0 Å². The maximum Gasteiger partial charge on any atom is 0.184 e. The quantitative estimate of drug-likeness (QED) is 0.392. The summed E-state index contributed by atoms with van der Waals surface area (Å²) in [6, 6.07) is 0. The van der Waals surface area contributed by atoms with E-state index in [2.05, 4.69) is 4.99 Å². The monoisotopic (exact) mass is 131 g/mol. The first-order chi connectivity index (χ1) is 3.72. The number of aliphatic imine (C=N–C) groups is 1. The Bertz CT molecular complexity index is 120. The predicted molar refractivity (Wildman–Crippen MR) is 37.6 cm³/mol. The summed E-state index contributed by atoms with van der Waals surface area (Å²) in [6.07, 6.45) is 1.84. The second kappa shape index (κ2) is 3.66. The fourth-order valence-corrected chi connectivity index (χ4v) is 0.862. The summed E-state index contributed by atoms with van der Waals surface area (Å²) >= 11 is 1.38. The number of nitrogens with zero attached hydrogens (tertiary/aromatic N) is 1. The van der Waals surface area contributed by atoms with Crippen molar-refractivity contribution in [2.45, 2.75) is 6.92 Å². The smallest absolute Gasteiger partial charge is 0.184 e. The van der Waals surface area contributed by atoms with E-state index >= 15 is 0 Å². The van der Waals surface area contributed by atoms with Crippen LogP contribution in [-0.2, 0) is 4.79 Å². The Labute approximate surface area is 53.4 Å². The molecule has 2 nitrogen and oxygen atoms in total. The van der Waals surface area contributed by atoms with Gasteiger partial charge in [0.15, 0.2) is 5.78 Å². The molecule has 0 bridgehead atoms. The number of rotatable bonds is 1. The summed E-state index contributed by atoms with van der Waals surface area (Å²) < 4.78 is 0. The third kappa shape index (κ3) is 2.12. The minimum atomic E-state index is 0.0417. The van der Waals surface area contributed by atoms with Gasteiger partial charge >= 0.3 is 0 Å². The Morgan fingerprint density at radius 1 is 1.62 bits per heavy atom. The number of ketones is 1. The van der Waals surface area contributed by atoms with Crippen LogP contribution in [0.5, 0.6) is 0 Å². The lowest BCUT2D eigenvalue weighted by molar-refractivity contribution is -0.110. The van der Waals surface area contributed by atoms with Gasteiger partial charge in [0.2, 0.25) is 0 Å². The summed E-state index contributed by atoms with van der Waals surface area (Å²) in [5.41, 5.74) is 0. The first-order valence-electron chi connectivity index (χ1n) is 2.24. The molecule has 0 rings (SSSR count). The predicted octanol–water partition coefficient (Wildman–Crippen LogP) is 0.967. The van der Waals surface area contributed by atoms with Crippen LogP contribution in [0.2, 0.25) is 0 Å². The number of Topliss-reactive ketones (excluding diaryl/α,β-unsaturated/α-hetero) is 1. The average molecular weight is 131 g/mol.